The highest BCUT2D eigenvalue weighted by Crippen LogP contribution is 2.26. The maximum atomic E-state index is 9.33. The summed E-state index contributed by atoms with van der Waals surface area (Å²) in [6.07, 6.45) is 0. The van der Waals surface area contributed by atoms with Crippen molar-refractivity contribution < 1.29 is 27.0 Å². The Bertz CT molecular complexity index is 177. The van der Waals surface area contributed by atoms with E-state index in [9.17, 15) is 4.57 Å². The second-order valence-corrected chi connectivity index (χ2v) is 3.12. The van der Waals surface area contributed by atoms with Gasteiger partial charge in [0.05, 0.1) is 0 Å². The summed E-state index contributed by atoms with van der Waals surface area (Å²) in [4.78, 5) is 15.3. The SMILES string of the molecule is CP(=O)(O)O.O=S(=O)=O. The maximum Gasteiger partial charge on any atom is 0.425 e. The molecule has 0 aromatic heterocycles. The standard InChI is InChI=1S/CH5O3P.O3S/c1-5(2,3)4;1-4(2)3/h1H3,(H2,2,3,4);. The van der Waals surface area contributed by atoms with Gasteiger partial charge < -0.3 is 9.79 Å². The van der Waals surface area contributed by atoms with E-state index in [4.69, 9.17) is 22.4 Å². The summed E-state index contributed by atoms with van der Waals surface area (Å²) in [6, 6.07) is 0. The molecule has 2 N–H and O–H groups in total. The highest BCUT2D eigenvalue weighted by molar-refractivity contribution is 7.59. The van der Waals surface area contributed by atoms with Crippen molar-refractivity contribution in [2.24, 2.45) is 0 Å². The van der Waals surface area contributed by atoms with Crippen molar-refractivity contribution in [3.8, 4) is 0 Å². The summed E-state index contributed by atoms with van der Waals surface area (Å²) in [5.41, 5.74) is 0. The molecule has 0 aromatic rings. The molecule has 56 valence electrons. The van der Waals surface area contributed by atoms with Gasteiger partial charge in [0.1, 0.15) is 0 Å². The van der Waals surface area contributed by atoms with Crippen molar-refractivity contribution in [2.75, 3.05) is 6.66 Å². The Morgan fingerprint density at radius 3 is 1.22 bits per heavy atom. The van der Waals surface area contributed by atoms with E-state index >= 15 is 0 Å². The van der Waals surface area contributed by atoms with Crippen LogP contribution >= 0.6 is 7.60 Å². The average molecular weight is 176 g/mol. The Labute approximate surface area is 52.7 Å². The van der Waals surface area contributed by atoms with Gasteiger partial charge in [0.25, 0.3) is 0 Å². The van der Waals surface area contributed by atoms with Crippen molar-refractivity contribution in [3.63, 3.8) is 0 Å². The third-order valence-corrected chi connectivity index (χ3v) is 0. The smallest absolute Gasteiger partial charge is 0.325 e. The summed E-state index contributed by atoms with van der Waals surface area (Å²) in [7, 11) is -6.75. The first-order valence-corrected chi connectivity index (χ1v) is 4.59. The van der Waals surface area contributed by atoms with E-state index in [1.807, 2.05) is 0 Å². The Morgan fingerprint density at radius 1 is 1.22 bits per heavy atom. The zero-order valence-corrected chi connectivity index (χ0v) is 6.09. The molecule has 0 aliphatic carbocycles. The lowest BCUT2D eigenvalue weighted by Gasteiger charge is -1.84. The third kappa shape index (κ3) is 4890. The lowest BCUT2D eigenvalue weighted by atomic mass is 12.0. The lowest BCUT2D eigenvalue weighted by molar-refractivity contribution is 0.381. The van der Waals surface area contributed by atoms with Crippen molar-refractivity contribution in [3.05, 3.63) is 0 Å². The maximum absolute atomic E-state index is 9.33. The van der Waals surface area contributed by atoms with Crippen LogP contribution in [0, 0.1) is 0 Å². The van der Waals surface area contributed by atoms with Gasteiger partial charge in [-0.15, -0.1) is 12.6 Å². The van der Waals surface area contributed by atoms with E-state index in [0.29, 0.717) is 0 Å². The van der Waals surface area contributed by atoms with Crippen molar-refractivity contribution in [2.45, 2.75) is 0 Å². The molecule has 0 atom stereocenters. The van der Waals surface area contributed by atoms with Crippen LogP contribution in [0.1, 0.15) is 0 Å². The molecule has 0 heterocycles. The summed E-state index contributed by atoms with van der Waals surface area (Å²) in [5, 5.41) is 0. The normalized spacial score (nSPS) is 9.22. The minimum absolute atomic E-state index is 0.854. The van der Waals surface area contributed by atoms with Gasteiger partial charge in [-0.25, -0.2) is 0 Å². The fourth-order valence-electron chi connectivity index (χ4n) is 0. The summed E-state index contributed by atoms with van der Waals surface area (Å²) in [6.45, 7) is 0.854. The van der Waals surface area contributed by atoms with Crippen LogP contribution in [-0.4, -0.2) is 29.1 Å². The first kappa shape index (κ1) is 11.6. The zero-order chi connectivity index (χ0) is 8.08. The highest BCUT2D eigenvalue weighted by atomic mass is 32.2. The van der Waals surface area contributed by atoms with Crippen LogP contribution in [-0.2, 0) is 15.2 Å². The van der Waals surface area contributed by atoms with Gasteiger partial charge in [0.15, 0.2) is 0 Å². The van der Waals surface area contributed by atoms with Gasteiger partial charge in [-0.05, 0) is 0 Å². The van der Waals surface area contributed by atoms with Gasteiger partial charge in [-0.3, -0.25) is 4.57 Å². The lowest BCUT2D eigenvalue weighted by Crippen LogP contribution is -1.64. The Kier molecular flexibility index (Phi) is 5.94. The molecule has 0 bridgehead atoms. The van der Waals surface area contributed by atoms with Crippen LogP contribution in [0.5, 0.6) is 0 Å². The van der Waals surface area contributed by atoms with Crippen molar-refractivity contribution >= 4 is 18.2 Å². The Morgan fingerprint density at radius 2 is 1.22 bits per heavy atom. The second kappa shape index (κ2) is 4.63. The molecule has 9 heavy (non-hydrogen) atoms. The molecule has 0 spiro atoms. The van der Waals surface area contributed by atoms with Gasteiger partial charge in [0.2, 0.25) is 0 Å². The van der Waals surface area contributed by atoms with E-state index in [1.54, 1.807) is 0 Å². The largest absolute Gasteiger partial charge is 0.425 e. The predicted molar refractivity (Wildman–Crippen MR) is 27.7 cm³/mol. The van der Waals surface area contributed by atoms with Gasteiger partial charge in [-0.2, -0.15) is 0 Å². The zero-order valence-electron chi connectivity index (χ0n) is 4.38. The fourth-order valence-corrected chi connectivity index (χ4v) is 0. The van der Waals surface area contributed by atoms with Crippen molar-refractivity contribution in [1.82, 2.24) is 0 Å². The van der Waals surface area contributed by atoms with Crippen LogP contribution in [0.2, 0.25) is 0 Å². The molecule has 0 amide bonds. The highest BCUT2D eigenvalue weighted by Gasteiger charge is 1.95. The molecular weight excluding hydrogens is 171 g/mol. The molecule has 0 aliphatic rings. The average Bonchev–Trinajstić information content (AvgIpc) is 1.19. The number of hydrogen-bond acceptors (Lipinski definition) is 4. The molecule has 0 fully saturated rings. The monoisotopic (exact) mass is 176 g/mol. The molecule has 0 aliphatic heterocycles. The predicted octanol–water partition coefficient (Wildman–Crippen LogP) is -1.21. The first-order valence-electron chi connectivity index (χ1n) is 1.53. The summed E-state index contributed by atoms with van der Waals surface area (Å²) >= 11 is 0. The van der Waals surface area contributed by atoms with Gasteiger partial charge in [0, 0.05) is 6.66 Å². The first-order chi connectivity index (χ1) is 3.73. The van der Waals surface area contributed by atoms with Crippen LogP contribution in [0.15, 0.2) is 0 Å². The minimum Gasteiger partial charge on any atom is -0.325 e. The number of hydrogen-bond donors (Lipinski definition) is 2. The molecule has 6 nitrogen and oxygen atoms in total. The Balaban J connectivity index is 0. The molecule has 0 saturated carbocycles. The van der Waals surface area contributed by atoms with E-state index in [-0.39, 0.29) is 0 Å². The quantitative estimate of drug-likeness (QED) is 0.448. The van der Waals surface area contributed by atoms with Gasteiger partial charge >= 0.3 is 18.2 Å². The molecular formula is CH5O6PS. The van der Waals surface area contributed by atoms with Crippen LogP contribution in [0.4, 0.5) is 0 Å². The third-order valence-electron chi connectivity index (χ3n) is 0. The molecule has 0 saturated heterocycles. The fraction of sp³-hybridized carbons (Fsp3) is 1.00. The molecule has 8 heteroatoms. The summed E-state index contributed by atoms with van der Waals surface area (Å²) < 4.78 is 34.7. The van der Waals surface area contributed by atoms with E-state index < -0.39 is 18.2 Å². The summed E-state index contributed by atoms with van der Waals surface area (Å²) in [5.74, 6) is 0. The number of rotatable bonds is 0. The Hall–Kier alpha value is -0.230. The van der Waals surface area contributed by atoms with Crippen LogP contribution in [0.25, 0.3) is 0 Å². The van der Waals surface area contributed by atoms with Crippen molar-refractivity contribution in [1.29, 1.82) is 0 Å². The second-order valence-electron chi connectivity index (χ2n) is 1.04. The molecule has 0 unspecified atom stereocenters. The molecule has 0 rings (SSSR count). The van der Waals surface area contributed by atoms with E-state index in [1.165, 1.54) is 0 Å². The molecule has 0 radical (unpaired) electrons. The van der Waals surface area contributed by atoms with Crippen LogP contribution < -0.4 is 0 Å². The topological polar surface area (TPSA) is 109 Å². The molecule has 0 aromatic carbocycles. The van der Waals surface area contributed by atoms with Crippen LogP contribution in [0.3, 0.4) is 0 Å². The van der Waals surface area contributed by atoms with Gasteiger partial charge in [-0.1, -0.05) is 0 Å². The minimum atomic E-state index is -3.64. The van der Waals surface area contributed by atoms with E-state index in [2.05, 4.69) is 0 Å². The van der Waals surface area contributed by atoms with E-state index in [0.717, 1.165) is 6.66 Å².